The average molecular weight is 244 g/mol. The molecule has 94 valence electrons. The van der Waals surface area contributed by atoms with Crippen molar-refractivity contribution in [1.29, 1.82) is 0 Å². The number of aryl methyl sites for hydroxylation is 1. The molecule has 2 rings (SSSR count). The standard InChI is InChI=1S/C15H16O3/c1-10(2)12-5-4-11(3)14(8-12)18-15-7-6-13(9-16)17-15/h4-10H,1-3H3. The minimum absolute atomic E-state index is 0.266. The molecule has 0 radical (unpaired) electrons. The zero-order valence-electron chi connectivity index (χ0n) is 10.8. The number of carbonyl (C=O) groups is 1. The normalized spacial score (nSPS) is 10.7. The van der Waals surface area contributed by atoms with E-state index in [-0.39, 0.29) is 5.76 Å². The largest absolute Gasteiger partial charge is 0.426 e. The molecular formula is C15H16O3. The molecule has 0 amide bonds. The van der Waals surface area contributed by atoms with E-state index in [1.807, 2.05) is 19.1 Å². The Morgan fingerprint density at radius 3 is 2.61 bits per heavy atom. The highest BCUT2D eigenvalue weighted by Gasteiger charge is 2.08. The van der Waals surface area contributed by atoms with E-state index < -0.39 is 0 Å². The lowest BCUT2D eigenvalue weighted by Gasteiger charge is -2.10. The van der Waals surface area contributed by atoms with E-state index in [9.17, 15) is 4.79 Å². The SMILES string of the molecule is Cc1ccc(C(C)C)cc1Oc1ccc(C=O)o1. The number of rotatable bonds is 4. The first-order valence-electron chi connectivity index (χ1n) is 5.93. The Morgan fingerprint density at radius 2 is 2.00 bits per heavy atom. The summed E-state index contributed by atoms with van der Waals surface area (Å²) in [6.07, 6.45) is 0.657. The van der Waals surface area contributed by atoms with E-state index in [0.717, 1.165) is 11.3 Å². The Morgan fingerprint density at radius 1 is 1.22 bits per heavy atom. The van der Waals surface area contributed by atoms with Crippen molar-refractivity contribution in [3.63, 3.8) is 0 Å². The molecule has 2 aromatic rings. The molecule has 0 aliphatic rings. The van der Waals surface area contributed by atoms with Crippen LogP contribution in [-0.2, 0) is 0 Å². The van der Waals surface area contributed by atoms with Crippen LogP contribution in [0, 0.1) is 6.92 Å². The third-order valence-electron chi connectivity index (χ3n) is 2.81. The van der Waals surface area contributed by atoms with E-state index in [1.54, 1.807) is 12.1 Å². The Labute approximate surface area is 106 Å². The second-order valence-electron chi connectivity index (χ2n) is 4.56. The van der Waals surface area contributed by atoms with Gasteiger partial charge in [0.1, 0.15) is 5.75 Å². The number of aldehydes is 1. The minimum atomic E-state index is 0.266. The van der Waals surface area contributed by atoms with Gasteiger partial charge in [-0.05, 0) is 36.1 Å². The molecule has 0 aliphatic heterocycles. The van der Waals surface area contributed by atoms with Gasteiger partial charge >= 0.3 is 0 Å². The van der Waals surface area contributed by atoms with Crippen LogP contribution in [0.25, 0.3) is 0 Å². The van der Waals surface area contributed by atoms with Gasteiger partial charge in [0.2, 0.25) is 0 Å². The van der Waals surface area contributed by atoms with Crippen LogP contribution in [0.4, 0.5) is 0 Å². The third-order valence-corrected chi connectivity index (χ3v) is 2.81. The Kier molecular flexibility index (Phi) is 3.51. The first kappa shape index (κ1) is 12.4. The number of carbonyl (C=O) groups excluding carboxylic acids is 1. The third kappa shape index (κ3) is 2.62. The summed E-state index contributed by atoms with van der Waals surface area (Å²) in [5.41, 5.74) is 2.24. The molecule has 1 aromatic heterocycles. The van der Waals surface area contributed by atoms with E-state index in [1.165, 1.54) is 5.56 Å². The predicted molar refractivity (Wildman–Crippen MR) is 69.4 cm³/mol. The molecule has 0 aliphatic carbocycles. The summed E-state index contributed by atoms with van der Waals surface area (Å²) in [6, 6.07) is 9.35. The van der Waals surface area contributed by atoms with Crippen LogP contribution in [0.3, 0.4) is 0 Å². The summed E-state index contributed by atoms with van der Waals surface area (Å²) in [4.78, 5) is 10.5. The van der Waals surface area contributed by atoms with Gasteiger partial charge in [0, 0.05) is 6.07 Å². The van der Waals surface area contributed by atoms with Gasteiger partial charge in [0.25, 0.3) is 5.95 Å². The Hall–Kier alpha value is -2.03. The van der Waals surface area contributed by atoms with Crippen LogP contribution in [0.2, 0.25) is 0 Å². The van der Waals surface area contributed by atoms with Gasteiger partial charge in [-0.25, -0.2) is 0 Å². The second-order valence-corrected chi connectivity index (χ2v) is 4.56. The molecule has 18 heavy (non-hydrogen) atoms. The van der Waals surface area contributed by atoms with Crippen molar-refractivity contribution in [2.45, 2.75) is 26.7 Å². The molecule has 1 aromatic carbocycles. The average Bonchev–Trinajstić information content (AvgIpc) is 2.79. The summed E-state index contributed by atoms with van der Waals surface area (Å²) in [5, 5.41) is 0. The van der Waals surface area contributed by atoms with E-state index in [2.05, 4.69) is 19.9 Å². The first-order chi connectivity index (χ1) is 8.60. The number of hydrogen-bond donors (Lipinski definition) is 0. The molecule has 0 N–H and O–H groups in total. The fraction of sp³-hybridized carbons (Fsp3) is 0.267. The monoisotopic (exact) mass is 244 g/mol. The molecule has 0 saturated heterocycles. The van der Waals surface area contributed by atoms with Crippen LogP contribution in [0.5, 0.6) is 11.7 Å². The molecule has 3 heteroatoms. The van der Waals surface area contributed by atoms with Gasteiger partial charge in [-0.2, -0.15) is 0 Å². The molecule has 0 spiro atoms. The van der Waals surface area contributed by atoms with E-state index >= 15 is 0 Å². The lowest BCUT2D eigenvalue weighted by molar-refractivity contribution is 0.109. The molecule has 0 unspecified atom stereocenters. The Balaban J connectivity index is 2.27. The number of ether oxygens (including phenoxy) is 1. The Bertz CT molecular complexity index is 553. The zero-order chi connectivity index (χ0) is 13.1. The smallest absolute Gasteiger partial charge is 0.290 e. The topological polar surface area (TPSA) is 39.4 Å². The van der Waals surface area contributed by atoms with Gasteiger partial charge < -0.3 is 9.15 Å². The first-order valence-corrected chi connectivity index (χ1v) is 5.93. The van der Waals surface area contributed by atoms with Crippen LogP contribution >= 0.6 is 0 Å². The number of hydrogen-bond acceptors (Lipinski definition) is 3. The molecule has 0 bridgehead atoms. The second kappa shape index (κ2) is 5.08. The lowest BCUT2D eigenvalue weighted by atomic mass is 10.0. The van der Waals surface area contributed by atoms with Crippen molar-refractivity contribution < 1.29 is 13.9 Å². The lowest BCUT2D eigenvalue weighted by Crippen LogP contribution is -1.91. The van der Waals surface area contributed by atoms with E-state index in [0.29, 0.717) is 18.2 Å². The predicted octanol–water partition coefficient (Wildman–Crippen LogP) is 4.32. The maximum Gasteiger partial charge on any atom is 0.290 e. The van der Waals surface area contributed by atoms with Crippen molar-refractivity contribution in [1.82, 2.24) is 0 Å². The maximum atomic E-state index is 10.5. The zero-order valence-corrected chi connectivity index (χ0v) is 10.8. The summed E-state index contributed by atoms with van der Waals surface area (Å²) in [6.45, 7) is 6.24. The quantitative estimate of drug-likeness (QED) is 0.752. The van der Waals surface area contributed by atoms with Crippen LogP contribution in [0.1, 0.15) is 41.4 Å². The van der Waals surface area contributed by atoms with Gasteiger partial charge in [0.15, 0.2) is 12.0 Å². The summed E-state index contributed by atoms with van der Waals surface area (Å²) >= 11 is 0. The maximum absolute atomic E-state index is 10.5. The molecule has 1 heterocycles. The summed E-state index contributed by atoms with van der Waals surface area (Å²) < 4.78 is 10.9. The van der Waals surface area contributed by atoms with Crippen LogP contribution in [-0.4, -0.2) is 6.29 Å². The van der Waals surface area contributed by atoms with Crippen molar-refractivity contribution in [3.05, 3.63) is 47.2 Å². The molecule has 0 fully saturated rings. The molecule has 3 nitrogen and oxygen atoms in total. The van der Waals surface area contributed by atoms with Crippen molar-refractivity contribution in [2.75, 3.05) is 0 Å². The highest BCUT2D eigenvalue weighted by Crippen LogP contribution is 2.29. The van der Waals surface area contributed by atoms with Crippen molar-refractivity contribution in [3.8, 4) is 11.7 Å². The fourth-order valence-corrected chi connectivity index (χ4v) is 1.65. The number of benzene rings is 1. The van der Waals surface area contributed by atoms with E-state index in [4.69, 9.17) is 9.15 Å². The van der Waals surface area contributed by atoms with Gasteiger partial charge in [0.05, 0.1) is 0 Å². The van der Waals surface area contributed by atoms with Crippen LogP contribution in [0.15, 0.2) is 34.7 Å². The fourth-order valence-electron chi connectivity index (χ4n) is 1.65. The molecule has 0 saturated carbocycles. The van der Waals surface area contributed by atoms with Crippen LogP contribution < -0.4 is 4.74 Å². The van der Waals surface area contributed by atoms with Crippen molar-refractivity contribution >= 4 is 6.29 Å². The minimum Gasteiger partial charge on any atom is -0.426 e. The highest BCUT2D eigenvalue weighted by atomic mass is 16.6. The van der Waals surface area contributed by atoms with Crippen molar-refractivity contribution in [2.24, 2.45) is 0 Å². The molecular weight excluding hydrogens is 228 g/mol. The van der Waals surface area contributed by atoms with Gasteiger partial charge in [-0.15, -0.1) is 0 Å². The summed E-state index contributed by atoms with van der Waals surface area (Å²) in [5.74, 6) is 1.80. The van der Waals surface area contributed by atoms with Gasteiger partial charge in [-0.1, -0.05) is 26.0 Å². The molecule has 0 atom stereocenters. The highest BCUT2D eigenvalue weighted by molar-refractivity contribution is 5.70. The summed E-state index contributed by atoms with van der Waals surface area (Å²) in [7, 11) is 0. The number of furan rings is 1. The van der Waals surface area contributed by atoms with Gasteiger partial charge in [-0.3, -0.25) is 4.79 Å².